The van der Waals surface area contributed by atoms with Gasteiger partial charge in [0, 0.05) is 0 Å². The van der Waals surface area contributed by atoms with Crippen molar-refractivity contribution < 1.29 is 64.9 Å². The summed E-state index contributed by atoms with van der Waals surface area (Å²) in [5.74, 6) is -0.526. The van der Waals surface area contributed by atoms with Crippen LogP contribution in [-0.2, 0) is 18.9 Å². The van der Waals surface area contributed by atoms with Gasteiger partial charge >= 0.3 is 0 Å². The topological polar surface area (TPSA) is 219 Å². The Bertz CT molecular complexity index is 1390. The summed E-state index contributed by atoms with van der Waals surface area (Å²) in [6, 6.07) is 0. The van der Waals surface area contributed by atoms with Crippen LogP contribution in [0.15, 0.2) is 11.6 Å². The molecule has 0 radical (unpaired) electrons. The van der Waals surface area contributed by atoms with Crippen molar-refractivity contribution in [3.63, 3.8) is 0 Å². The van der Waals surface area contributed by atoms with E-state index >= 15 is 0 Å². The highest BCUT2D eigenvalue weighted by Crippen LogP contribution is 2.76. The Morgan fingerprint density at radius 2 is 1.49 bits per heavy atom. The van der Waals surface area contributed by atoms with E-state index < -0.39 is 114 Å². The first-order valence-electron chi connectivity index (χ1n) is 20.8. The zero-order valence-corrected chi connectivity index (χ0v) is 34.4. The van der Waals surface area contributed by atoms with Crippen LogP contribution in [0.25, 0.3) is 0 Å². The summed E-state index contributed by atoms with van der Waals surface area (Å²) in [7, 11) is 0. The van der Waals surface area contributed by atoms with Gasteiger partial charge in [0.1, 0.15) is 42.7 Å². The van der Waals surface area contributed by atoms with Gasteiger partial charge in [0.2, 0.25) is 0 Å². The molecular weight excluding hydrogens is 712 g/mol. The molecule has 2 saturated heterocycles. The maximum absolute atomic E-state index is 12.3. The molecule has 13 heteroatoms. The van der Waals surface area contributed by atoms with Crippen LogP contribution in [0.4, 0.5) is 0 Å². The zero-order chi connectivity index (χ0) is 40.8. The predicted molar refractivity (Wildman–Crippen MR) is 201 cm³/mol. The molecule has 0 aromatic carbocycles. The molecule has 0 bridgehead atoms. The highest BCUT2D eigenvalue weighted by atomic mass is 16.8. The molecule has 2 aliphatic heterocycles. The van der Waals surface area contributed by atoms with E-state index in [0.717, 1.165) is 19.3 Å². The molecule has 318 valence electrons. The lowest BCUT2D eigenvalue weighted by molar-refractivity contribution is -0.382. The standard InChI is InChI=1S/C42H72O13/c1-20(2)11-10-14-42(9,51)22-12-16-40(7)28(22)23(44)17-26-39(6)15-13-27(45)38(4,5)35(39)24(18-41(26,40)8)53-37-34(32(49)30(47)25(19-43)54-37)55-36-33(50)31(48)29(46)21(3)52-36/h11,21-37,43-51H,10,12-19H2,1-9H3/t21-,22+,23-,24+,25-,26?,27+,28+,29-,30-,31+,32+,33-,34-,35+,36+,37+,39-,40-,41-,42+/m1/s1. The van der Waals surface area contributed by atoms with Crippen molar-refractivity contribution in [1.82, 2.24) is 0 Å². The van der Waals surface area contributed by atoms with Gasteiger partial charge in [-0.25, -0.2) is 0 Å². The van der Waals surface area contributed by atoms with Gasteiger partial charge in [-0.1, -0.05) is 46.3 Å². The molecule has 0 amide bonds. The summed E-state index contributed by atoms with van der Waals surface area (Å²) in [5.41, 5.74) is -1.71. The normalized spacial score (nSPS) is 53.4. The Morgan fingerprint density at radius 1 is 0.818 bits per heavy atom. The fourth-order valence-corrected chi connectivity index (χ4v) is 13.3. The second-order valence-corrected chi connectivity index (χ2v) is 20.3. The summed E-state index contributed by atoms with van der Waals surface area (Å²) in [5, 5.41) is 100. The van der Waals surface area contributed by atoms with Crippen LogP contribution in [0.1, 0.15) is 114 Å². The Hall–Kier alpha value is -0.780. The van der Waals surface area contributed by atoms with E-state index in [1.165, 1.54) is 12.5 Å². The van der Waals surface area contributed by atoms with Crippen LogP contribution in [0, 0.1) is 45.3 Å². The first kappa shape index (κ1) is 43.8. The molecular formula is C42H72O13. The van der Waals surface area contributed by atoms with Crippen LogP contribution < -0.4 is 0 Å². The van der Waals surface area contributed by atoms with E-state index in [9.17, 15) is 46.0 Å². The van der Waals surface area contributed by atoms with E-state index in [-0.39, 0.29) is 23.7 Å². The van der Waals surface area contributed by atoms with Gasteiger partial charge in [0.05, 0.1) is 36.6 Å². The van der Waals surface area contributed by atoms with Crippen molar-refractivity contribution >= 4 is 0 Å². The van der Waals surface area contributed by atoms with Gasteiger partial charge in [-0.15, -0.1) is 0 Å². The Kier molecular flexibility index (Phi) is 12.2. The third-order valence-corrected chi connectivity index (χ3v) is 16.5. The van der Waals surface area contributed by atoms with Crippen molar-refractivity contribution in [2.24, 2.45) is 45.3 Å². The van der Waals surface area contributed by atoms with E-state index in [1.54, 1.807) is 0 Å². The number of aliphatic hydroxyl groups is 9. The summed E-state index contributed by atoms with van der Waals surface area (Å²) in [6.07, 6.45) is -8.99. The number of aliphatic hydroxyl groups excluding tert-OH is 8. The van der Waals surface area contributed by atoms with E-state index in [2.05, 4.69) is 40.7 Å². The minimum atomic E-state index is -1.70. The van der Waals surface area contributed by atoms with Gasteiger partial charge in [0.25, 0.3) is 0 Å². The molecule has 1 unspecified atom stereocenters. The summed E-state index contributed by atoms with van der Waals surface area (Å²) in [4.78, 5) is 0. The molecule has 4 aliphatic carbocycles. The molecule has 0 aromatic rings. The van der Waals surface area contributed by atoms with Gasteiger partial charge in [-0.2, -0.15) is 0 Å². The van der Waals surface area contributed by atoms with Gasteiger partial charge in [-0.05, 0) is 124 Å². The molecule has 6 rings (SSSR count). The Balaban J connectivity index is 1.38. The van der Waals surface area contributed by atoms with Gasteiger partial charge in [0.15, 0.2) is 12.6 Å². The SMILES string of the molecule is CC(C)=CCC[C@](C)(O)[C@H]1CC[C@]2(C)[C@@H]1[C@H](O)CC1[C@@]3(C)CC[C@H](O)C(C)(C)[C@@H]3[C@@H](O[C@H]3O[C@H](CO)[C@@H](O)[C@H](O)[C@H]3O[C@@H]3O[C@H](C)[C@@H](O)[C@H](O)[C@H]3O)C[C@]12C. The number of fused-ring (bicyclic) bond motifs is 5. The van der Waals surface area contributed by atoms with E-state index in [1.807, 2.05) is 20.8 Å². The fraction of sp³-hybridized carbons (Fsp3) is 0.952. The number of hydrogen-bond donors (Lipinski definition) is 9. The minimum Gasteiger partial charge on any atom is -0.394 e. The molecule has 13 nitrogen and oxygen atoms in total. The summed E-state index contributed by atoms with van der Waals surface area (Å²) < 4.78 is 25.1. The first-order chi connectivity index (χ1) is 25.5. The third-order valence-electron chi connectivity index (χ3n) is 16.5. The lowest BCUT2D eigenvalue weighted by Gasteiger charge is -2.72. The molecule has 6 aliphatic rings. The second kappa shape index (κ2) is 15.4. The average molecular weight is 785 g/mol. The van der Waals surface area contributed by atoms with Crippen LogP contribution >= 0.6 is 0 Å². The number of ether oxygens (including phenoxy) is 4. The Morgan fingerprint density at radius 3 is 2.13 bits per heavy atom. The highest BCUT2D eigenvalue weighted by Gasteiger charge is 2.73. The van der Waals surface area contributed by atoms with Crippen LogP contribution in [-0.4, -0.2) is 138 Å². The number of rotatable bonds is 9. The highest BCUT2D eigenvalue weighted by molar-refractivity contribution is 5.22. The van der Waals surface area contributed by atoms with Crippen molar-refractivity contribution in [2.75, 3.05) is 6.61 Å². The third kappa shape index (κ3) is 7.10. The molecule has 6 fully saturated rings. The number of hydrogen-bond acceptors (Lipinski definition) is 13. The second-order valence-electron chi connectivity index (χ2n) is 20.3. The smallest absolute Gasteiger partial charge is 0.187 e. The maximum Gasteiger partial charge on any atom is 0.187 e. The zero-order valence-electron chi connectivity index (χ0n) is 34.4. The lowest BCUT2D eigenvalue weighted by atomic mass is 9.34. The lowest BCUT2D eigenvalue weighted by Crippen LogP contribution is -2.71. The minimum absolute atomic E-state index is 0.0411. The van der Waals surface area contributed by atoms with Gasteiger partial charge < -0.3 is 64.9 Å². The summed E-state index contributed by atoms with van der Waals surface area (Å²) in [6.45, 7) is 17.8. The van der Waals surface area contributed by atoms with Crippen molar-refractivity contribution in [3.05, 3.63) is 11.6 Å². The van der Waals surface area contributed by atoms with Gasteiger partial charge in [-0.3, -0.25) is 0 Å². The maximum atomic E-state index is 12.3. The van der Waals surface area contributed by atoms with Crippen molar-refractivity contribution in [1.29, 1.82) is 0 Å². The predicted octanol–water partition coefficient (Wildman–Crippen LogP) is 2.15. The molecule has 55 heavy (non-hydrogen) atoms. The summed E-state index contributed by atoms with van der Waals surface area (Å²) >= 11 is 0. The largest absolute Gasteiger partial charge is 0.394 e. The molecule has 2 heterocycles. The van der Waals surface area contributed by atoms with Crippen LogP contribution in [0.2, 0.25) is 0 Å². The average Bonchev–Trinajstić information content (AvgIpc) is 3.49. The monoisotopic (exact) mass is 784 g/mol. The fourth-order valence-electron chi connectivity index (χ4n) is 13.3. The molecule has 21 atom stereocenters. The molecule has 9 N–H and O–H groups in total. The Labute approximate surface area is 327 Å². The van der Waals surface area contributed by atoms with Crippen LogP contribution in [0.3, 0.4) is 0 Å². The van der Waals surface area contributed by atoms with E-state index in [4.69, 9.17) is 18.9 Å². The molecule has 0 spiro atoms. The molecule has 4 saturated carbocycles. The first-order valence-corrected chi connectivity index (χ1v) is 20.8. The van der Waals surface area contributed by atoms with Crippen LogP contribution in [0.5, 0.6) is 0 Å². The van der Waals surface area contributed by atoms with Crippen molar-refractivity contribution in [2.45, 2.75) is 199 Å². The van der Waals surface area contributed by atoms with Crippen molar-refractivity contribution in [3.8, 4) is 0 Å². The quantitative estimate of drug-likeness (QED) is 0.121. The number of allylic oxidation sites excluding steroid dienone is 2. The molecule has 0 aromatic heterocycles. The van der Waals surface area contributed by atoms with E-state index in [0.29, 0.717) is 32.1 Å².